The van der Waals surface area contributed by atoms with Gasteiger partial charge in [0.1, 0.15) is 0 Å². The summed E-state index contributed by atoms with van der Waals surface area (Å²) in [5, 5.41) is 4.30. The number of aromatic nitrogens is 5. The van der Waals surface area contributed by atoms with E-state index in [9.17, 15) is 4.79 Å². The van der Waals surface area contributed by atoms with Gasteiger partial charge in [-0.25, -0.2) is 9.97 Å². The minimum absolute atomic E-state index is 0.0828. The molecule has 1 saturated carbocycles. The summed E-state index contributed by atoms with van der Waals surface area (Å²) in [6, 6.07) is 11.5. The van der Waals surface area contributed by atoms with Crippen LogP contribution < -0.4 is 11.3 Å². The van der Waals surface area contributed by atoms with E-state index in [1.807, 2.05) is 0 Å². The molecule has 0 saturated heterocycles. The Kier molecular flexibility index (Phi) is 4.20. The predicted molar refractivity (Wildman–Crippen MR) is 111 cm³/mol. The third-order valence-electron chi connectivity index (χ3n) is 5.84. The first-order chi connectivity index (χ1) is 14.5. The molecule has 150 valence electrons. The summed E-state index contributed by atoms with van der Waals surface area (Å²) in [7, 11) is 1.70. The Morgan fingerprint density at radius 1 is 1.00 bits per heavy atom. The lowest BCUT2D eigenvalue weighted by Crippen LogP contribution is -2.36. The molecule has 0 aliphatic heterocycles. The van der Waals surface area contributed by atoms with Gasteiger partial charge in [-0.3, -0.25) is 4.79 Å². The molecule has 0 bridgehead atoms. The van der Waals surface area contributed by atoms with Crippen LogP contribution in [0.25, 0.3) is 22.6 Å². The highest BCUT2D eigenvalue weighted by Gasteiger charge is 2.44. The first kappa shape index (κ1) is 18.2. The van der Waals surface area contributed by atoms with E-state index in [0.29, 0.717) is 11.7 Å². The van der Waals surface area contributed by atoms with Gasteiger partial charge in [-0.15, -0.1) is 0 Å². The lowest BCUT2D eigenvalue weighted by molar-refractivity contribution is 0.273. The highest BCUT2D eigenvalue weighted by molar-refractivity contribution is 5.63. The fraction of sp³-hybridized carbons (Fsp3) is 0.227. The number of nitrogens with two attached hydrogens (primary N) is 1. The number of rotatable bonds is 4. The number of aryl methyl sites for hydroxylation is 1. The average Bonchev–Trinajstić information content (AvgIpc) is 3.21. The topological polar surface area (TPSA) is 113 Å². The van der Waals surface area contributed by atoms with Crippen LogP contribution in [0.1, 0.15) is 30.7 Å². The van der Waals surface area contributed by atoms with Crippen molar-refractivity contribution < 1.29 is 4.52 Å². The van der Waals surface area contributed by atoms with Gasteiger partial charge in [0.25, 0.3) is 5.89 Å². The molecule has 0 unspecified atom stereocenters. The number of nitrogens with zero attached hydrogens (tertiary/aromatic N) is 5. The second kappa shape index (κ2) is 6.91. The largest absolute Gasteiger partial charge is 0.368 e. The van der Waals surface area contributed by atoms with Crippen LogP contribution in [0.4, 0.5) is 5.95 Å². The SMILES string of the molecule is Cn1cc(-c2nc(C3(c4ccc(-c5cnc(N)nc5)cc4)CCC3)no2)ccc1=O. The Balaban J connectivity index is 1.47. The van der Waals surface area contributed by atoms with Crippen LogP contribution in [0, 0.1) is 0 Å². The molecule has 1 aliphatic rings. The molecule has 8 heteroatoms. The van der Waals surface area contributed by atoms with E-state index in [0.717, 1.165) is 41.5 Å². The van der Waals surface area contributed by atoms with E-state index in [-0.39, 0.29) is 16.9 Å². The molecule has 0 atom stereocenters. The Morgan fingerprint density at radius 3 is 2.33 bits per heavy atom. The third-order valence-corrected chi connectivity index (χ3v) is 5.84. The summed E-state index contributed by atoms with van der Waals surface area (Å²) in [6.45, 7) is 0. The average molecular weight is 400 g/mol. The molecular formula is C22H20N6O2. The molecule has 2 N–H and O–H groups in total. The molecule has 30 heavy (non-hydrogen) atoms. The van der Waals surface area contributed by atoms with E-state index in [1.54, 1.807) is 31.7 Å². The van der Waals surface area contributed by atoms with Crippen molar-refractivity contribution in [3.63, 3.8) is 0 Å². The Labute approximate surface area is 172 Å². The normalized spacial score (nSPS) is 15.0. The van der Waals surface area contributed by atoms with Crippen molar-refractivity contribution in [2.75, 3.05) is 5.73 Å². The van der Waals surface area contributed by atoms with Crippen LogP contribution in [0.5, 0.6) is 0 Å². The molecule has 5 rings (SSSR count). The summed E-state index contributed by atoms with van der Waals surface area (Å²) < 4.78 is 7.05. The van der Waals surface area contributed by atoms with Crippen molar-refractivity contribution in [3.8, 4) is 22.6 Å². The lowest BCUT2D eigenvalue weighted by atomic mass is 9.64. The molecule has 3 aromatic heterocycles. The molecule has 3 heterocycles. The van der Waals surface area contributed by atoms with Gasteiger partial charge in [0.05, 0.1) is 11.0 Å². The van der Waals surface area contributed by atoms with Crippen LogP contribution in [0.3, 0.4) is 0 Å². The highest BCUT2D eigenvalue weighted by Crippen LogP contribution is 2.48. The zero-order valence-electron chi connectivity index (χ0n) is 16.4. The summed E-state index contributed by atoms with van der Waals surface area (Å²) in [5.74, 6) is 1.36. The van der Waals surface area contributed by atoms with Gasteiger partial charge in [-0.2, -0.15) is 4.98 Å². The predicted octanol–water partition coefficient (Wildman–Crippen LogP) is 2.94. The third kappa shape index (κ3) is 2.97. The summed E-state index contributed by atoms with van der Waals surface area (Å²) in [5.41, 5.74) is 9.05. The number of anilines is 1. The fourth-order valence-electron chi connectivity index (χ4n) is 3.90. The zero-order chi connectivity index (χ0) is 20.7. The van der Waals surface area contributed by atoms with Gasteiger partial charge >= 0.3 is 0 Å². The van der Waals surface area contributed by atoms with Crippen molar-refractivity contribution in [2.24, 2.45) is 7.05 Å². The number of benzene rings is 1. The number of nitrogen functional groups attached to an aromatic ring is 1. The molecule has 0 spiro atoms. The quantitative estimate of drug-likeness (QED) is 0.560. The van der Waals surface area contributed by atoms with Gasteiger partial charge in [0.15, 0.2) is 5.82 Å². The van der Waals surface area contributed by atoms with Crippen LogP contribution in [0.2, 0.25) is 0 Å². The van der Waals surface area contributed by atoms with Crippen molar-refractivity contribution in [1.29, 1.82) is 0 Å². The maximum Gasteiger partial charge on any atom is 0.259 e. The highest BCUT2D eigenvalue weighted by atomic mass is 16.5. The molecule has 1 aromatic carbocycles. The number of hydrogen-bond donors (Lipinski definition) is 1. The van der Waals surface area contributed by atoms with Crippen molar-refractivity contribution >= 4 is 5.95 Å². The van der Waals surface area contributed by atoms with Crippen LogP contribution >= 0.6 is 0 Å². The van der Waals surface area contributed by atoms with Gasteiger partial charge < -0.3 is 14.8 Å². The van der Waals surface area contributed by atoms with Crippen LogP contribution in [0.15, 0.2) is 64.3 Å². The van der Waals surface area contributed by atoms with Crippen LogP contribution in [-0.4, -0.2) is 24.7 Å². The van der Waals surface area contributed by atoms with E-state index < -0.39 is 0 Å². The zero-order valence-corrected chi connectivity index (χ0v) is 16.4. The Bertz CT molecular complexity index is 1250. The molecule has 0 amide bonds. The van der Waals surface area contributed by atoms with Crippen molar-refractivity contribution in [3.05, 3.63) is 76.7 Å². The van der Waals surface area contributed by atoms with Crippen LogP contribution in [-0.2, 0) is 12.5 Å². The smallest absolute Gasteiger partial charge is 0.259 e. The molecule has 0 radical (unpaired) electrons. The fourth-order valence-corrected chi connectivity index (χ4v) is 3.90. The van der Waals surface area contributed by atoms with E-state index in [4.69, 9.17) is 10.3 Å². The molecule has 1 aliphatic carbocycles. The Morgan fingerprint density at radius 2 is 1.70 bits per heavy atom. The number of pyridine rings is 1. The minimum Gasteiger partial charge on any atom is -0.368 e. The van der Waals surface area contributed by atoms with E-state index in [1.165, 1.54) is 10.6 Å². The lowest BCUT2D eigenvalue weighted by Gasteiger charge is -2.39. The second-order valence-corrected chi connectivity index (χ2v) is 7.63. The maximum absolute atomic E-state index is 11.6. The van der Waals surface area contributed by atoms with Gasteiger partial charge in [0, 0.05) is 37.3 Å². The van der Waals surface area contributed by atoms with Crippen molar-refractivity contribution in [1.82, 2.24) is 24.7 Å². The Hall–Kier alpha value is -3.81. The summed E-state index contributed by atoms with van der Waals surface area (Å²) >= 11 is 0. The monoisotopic (exact) mass is 400 g/mol. The van der Waals surface area contributed by atoms with Crippen molar-refractivity contribution in [2.45, 2.75) is 24.7 Å². The molecular weight excluding hydrogens is 380 g/mol. The molecule has 1 fully saturated rings. The van der Waals surface area contributed by atoms with Gasteiger partial charge in [-0.1, -0.05) is 35.8 Å². The first-order valence-corrected chi connectivity index (χ1v) is 9.75. The number of hydrogen-bond acceptors (Lipinski definition) is 7. The second-order valence-electron chi connectivity index (χ2n) is 7.63. The standard InChI is InChI=1S/C22H20N6O2/c1-28-13-15(5-8-18(28)29)19-26-20(27-30-19)22(9-2-10-22)17-6-3-14(4-7-17)16-11-24-21(23)25-12-16/h3-8,11-13H,2,9-10H2,1H3,(H2,23,24,25). The minimum atomic E-state index is -0.251. The van der Waals surface area contributed by atoms with Gasteiger partial charge in [0.2, 0.25) is 11.5 Å². The first-order valence-electron chi connectivity index (χ1n) is 9.75. The molecule has 4 aromatic rings. The van der Waals surface area contributed by atoms with E-state index in [2.05, 4.69) is 44.4 Å². The summed E-state index contributed by atoms with van der Waals surface area (Å²) in [4.78, 5) is 24.4. The van der Waals surface area contributed by atoms with Gasteiger partial charge in [-0.05, 0) is 30.0 Å². The summed E-state index contributed by atoms with van der Waals surface area (Å²) in [6.07, 6.45) is 8.17. The molecule has 8 nitrogen and oxygen atoms in total. The van der Waals surface area contributed by atoms with E-state index >= 15 is 0 Å². The maximum atomic E-state index is 11.6.